The molecule has 0 spiro atoms. The van der Waals surface area contributed by atoms with E-state index in [2.05, 4.69) is 6.92 Å². The molecule has 4 atom stereocenters. The van der Waals surface area contributed by atoms with Crippen molar-refractivity contribution in [3.63, 3.8) is 0 Å². The minimum atomic E-state index is -0.226. The first kappa shape index (κ1) is 11.4. The van der Waals surface area contributed by atoms with Crippen LogP contribution in [-0.2, 0) is 9.47 Å². The summed E-state index contributed by atoms with van der Waals surface area (Å²) in [5.74, 6) is 0.519. The summed E-state index contributed by atoms with van der Waals surface area (Å²) in [5, 5.41) is 9.83. The maximum Gasteiger partial charge on any atom is 0.156 e. The van der Waals surface area contributed by atoms with E-state index in [0.717, 1.165) is 5.56 Å². The van der Waals surface area contributed by atoms with Crippen LogP contribution in [0.3, 0.4) is 0 Å². The SMILES string of the molecule is C[C@H]1O[C@@H](C)[C@H](C)[C@H](c2ccccc2O)O1. The maximum absolute atomic E-state index is 9.83. The molecule has 0 amide bonds. The Morgan fingerprint density at radius 1 is 1.06 bits per heavy atom. The molecule has 0 unspecified atom stereocenters. The first-order chi connectivity index (χ1) is 7.59. The fourth-order valence-electron chi connectivity index (χ4n) is 2.12. The van der Waals surface area contributed by atoms with Crippen LogP contribution < -0.4 is 0 Å². The molecule has 16 heavy (non-hydrogen) atoms. The second kappa shape index (κ2) is 4.44. The Balaban J connectivity index is 2.29. The van der Waals surface area contributed by atoms with Gasteiger partial charge in [-0.05, 0) is 19.9 Å². The zero-order chi connectivity index (χ0) is 11.7. The van der Waals surface area contributed by atoms with Gasteiger partial charge in [-0.15, -0.1) is 0 Å². The van der Waals surface area contributed by atoms with Gasteiger partial charge in [-0.25, -0.2) is 0 Å². The minimum Gasteiger partial charge on any atom is -0.508 e. The molecule has 1 saturated heterocycles. The Labute approximate surface area is 96.0 Å². The fourth-order valence-corrected chi connectivity index (χ4v) is 2.12. The molecule has 3 nitrogen and oxygen atoms in total. The maximum atomic E-state index is 9.83. The molecule has 0 radical (unpaired) electrons. The number of hydrogen-bond donors (Lipinski definition) is 1. The van der Waals surface area contributed by atoms with E-state index in [1.807, 2.05) is 32.0 Å². The van der Waals surface area contributed by atoms with Crippen LogP contribution in [0, 0.1) is 5.92 Å². The van der Waals surface area contributed by atoms with E-state index in [4.69, 9.17) is 9.47 Å². The molecule has 1 aromatic carbocycles. The van der Waals surface area contributed by atoms with Crippen molar-refractivity contribution in [3.05, 3.63) is 29.8 Å². The van der Waals surface area contributed by atoms with E-state index in [1.54, 1.807) is 6.07 Å². The third kappa shape index (κ3) is 2.06. The van der Waals surface area contributed by atoms with Crippen LogP contribution in [0.4, 0.5) is 0 Å². The lowest BCUT2D eigenvalue weighted by Gasteiger charge is -2.38. The molecule has 0 saturated carbocycles. The number of para-hydroxylation sites is 1. The van der Waals surface area contributed by atoms with Gasteiger partial charge < -0.3 is 14.6 Å². The van der Waals surface area contributed by atoms with Gasteiger partial charge in [0.05, 0.1) is 12.2 Å². The number of hydrogen-bond acceptors (Lipinski definition) is 3. The van der Waals surface area contributed by atoms with E-state index in [-0.39, 0.29) is 24.4 Å². The Morgan fingerprint density at radius 2 is 1.75 bits per heavy atom. The van der Waals surface area contributed by atoms with Crippen molar-refractivity contribution in [1.82, 2.24) is 0 Å². The highest BCUT2D eigenvalue weighted by Crippen LogP contribution is 2.38. The molecule has 1 heterocycles. The zero-order valence-electron chi connectivity index (χ0n) is 9.88. The average molecular weight is 222 g/mol. The second-order valence-corrected chi connectivity index (χ2v) is 4.38. The zero-order valence-corrected chi connectivity index (χ0v) is 9.88. The number of phenols is 1. The predicted molar refractivity (Wildman–Crippen MR) is 61.1 cm³/mol. The summed E-state index contributed by atoms with van der Waals surface area (Å²) >= 11 is 0. The Hall–Kier alpha value is -1.06. The number of ether oxygens (including phenoxy) is 2. The van der Waals surface area contributed by atoms with Gasteiger partial charge in [0.1, 0.15) is 5.75 Å². The average Bonchev–Trinajstić information content (AvgIpc) is 2.24. The van der Waals surface area contributed by atoms with Crippen LogP contribution in [0.25, 0.3) is 0 Å². The predicted octanol–water partition coefficient (Wildman–Crippen LogP) is 2.85. The van der Waals surface area contributed by atoms with Crippen molar-refractivity contribution in [2.75, 3.05) is 0 Å². The van der Waals surface area contributed by atoms with E-state index >= 15 is 0 Å². The van der Waals surface area contributed by atoms with Crippen LogP contribution in [0.2, 0.25) is 0 Å². The number of benzene rings is 1. The first-order valence-corrected chi connectivity index (χ1v) is 5.68. The van der Waals surface area contributed by atoms with Crippen molar-refractivity contribution in [2.24, 2.45) is 5.92 Å². The molecule has 0 aromatic heterocycles. The van der Waals surface area contributed by atoms with E-state index in [9.17, 15) is 5.11 Å². The molecule has 1 fully saturated rings. The number of phenolic OH excluding ortho intramolecular Hbond substituents is 1. The second-order valence-electron chi connectivity index (χ2n) is 4.38. The molecule has 0 bridgehead atoms. The van der Waals surface area contributed by atoms with Crippen LogP contribution in [-0.4, -0.2) is 17.5 Å². The number of rotatable bonds is 1. The van der Waals surface area contributed by atoms with Crippen LogP contribution >= 0.6 is 0 Å². The summed E-state index contributed by atoms with van der Waals surface area (Å²) in [6.45, 7) is 6.00. The van der Waals surface area contributed by atoms with Gasteiger partial charge in [-0.2, -0.15) is 0 Å². The third-order valence-corrected chi connectivity index (χ3v) is 3.21. The lowest BCUT2D eigenvalue weighted by atomic mass is 9.91. The lowest BCUT2D eigenvalue weighted by molar-refractivity contribution is -0.256. The summed E-state index contributed by atoms with van der Waals surface area (Å²) in [7, 11) is 0. The highest BCUT2D eigenvalue weighted by atomic mass is 16.7. The van der Waals surface area contributed by atoms with Crippen molar-refractivity contribution in [2.45, 2.75) is 39.3 Å². The summed E-state index contributed by atoms with van der Waals surface area (Å²) in [6.07, 6.45) is -0.191. The quantitative estimate of drug-likeness (QED) is 0.794. The van der Waals surface area contributed by atoms with Gasteiger partial charge in [-0.3, -0.25) is 0 Å². The van der Waals surface area contributed by atoms with Crippen LogP contribution in [0.15, 0.2) is 24.3 Å². The van der Waals surface area contributed by atoms with Gasteiger partial charge in [0.25, 0.3) is 0 Å². The first-order valence-electron chi connectivity index (χ1n) is 5.68. The lowest BCUT2D eigenvalue weighted by Crippen LogP contribution is -2.37. The molecular weight excluding hydrogens is 204 g/mol. The summed E-state index contributed by atoms with van der Waals surface area (Å²) < 4.78 is 11.3. The van der Waals surface area contributed by atoms with Crippen molar-refractivity contribution < 1.29 is 14.6 Å². The Kier molecular flexibility index (Phi) is 3.17. The standard InChI is InChI=1S/C13H18O3/c1-8-9(2)15-10(3)16-13(8)11-6-4-5-7-12(11)14/h4-10,13-14H,1-3H3/t8-,9-,10-,13+/m0/s1. The van der Waals surface area contributed by atoms with Gasteiger partial charge in [0.15, 0.2) is 6.29 Å². The van der Waals surface area contributed by atoms with Crippen LogP contribution in [0.5, 0.6) is 5.75 Å². The monoisotopic (exact) mass is 222 g/mol. The van der Waals surface area contributed by atoms with Crippen molar-refractivity contribution in [1.29, 1.82) is 0 Å². The highest BCUT2D eigenvalue weighted by Gasteiger charge is 2.34. The molecule has 0 aliphatic carbocycles. The van der Waals surface area contributed by atoms with Gasteiger partial charge in [0.2, 0.25) is 0 Å². The molecule has 1 aliphatic rings. The van der Waals surface area contributed by atoms with Gasteiger partial charge in [0, 0.05) is 11.5 Å². The summed E-state index contributed by atoms with van der Waals surface area (Å²) in [5.41, 5.74) is 0.844. The van der Waals surface area contributed by atoms with Gasteiger partial charge in [-0.1, -0.05) is 25.1 Å². The minimum absolute atomic E-state index is 0.0973. The van der Waals surface area contributed by atoms with E-state index in [0.29, 0.717) is 5.75 Å². The molecule has 1 aromatic rings. The molecule has 2 rings (SSSR count). The van der Waals surface area contributed by atoms with Crippen LogP contribution in [0.1, 0.15) is 32.4 Å². The molecule has 1 N–H and O–H groups in total. The molecule has 3 heteroatoms. The normalized spacial score (nSPS) is 34.9. The Morgan fingerprint density at radius 3 is 2.44 bits per heavy atom. The fraction of sp³-hybridized carbons (Fsp3) is 0.538. The third-order valence-electron chi connectivity index (χ3n) is 3.21. The molecule has 1 aliphatic heterocycles. The number of aromatic hydroxyl groups is 1. The van der Waals surface area contributed by atoms with Gasteiger partial charge >= 0.3 is 0 Å². The largest absolute Gasteiger partial charge is 0.508 e. The smallest absolute Gasteiger partial charge is 0.156 e. The molecular formula is C13H18O3. The van der Waals surface area contributed by atoms with Crippen molar-refractivity contribution >= 4 is 0 Å². The Bertz CT molecular complexity index is 364. The summed E-state index contributed by atoms with van der Waals surface area (Å²) in [4.78, 5) is 0. The summed E-state index contributed by atoms with van der Waals surface area (Å²) in [6, 6.07) is 7.32. The van der Waals surface area contributed by atoms with E-state index in [1.165, 1.54) is 0 Å². The van der Waals surface area contributed by atoms with E-state index < -0.39 is 0 Å². The highest BCUT2D eigenvalue weighted by molar-refractivity contribution is 5.34. The topological polar surface area (TPSA) is 38.7 Å². The van der Waals surface area contributed by atoms with Crippen molar-refractivity contribution in [3.8, 4) is 5.75 Å². The molecule has 88 valence electrons.